The number of para-hydroxylation sites is 2. The van der Waals surface area contributed by atoms with E-state index in [1.807, 2.05) is 72.5 Å². The first-order valence-electron chi connectivity index (χ1n) is 12.6. The predicted molar refractivity (Wildman–Crippen MR) is 138 cm³/mol. The molecule has 35 heavy (non-hydrogen) atoms. The number of carbonyl (C=O) groups is 1. The van der Waals surface area contributed by atoms with Crippen LogP contribution in [0.2, 0.25) is 0 Å². The third-order valence-corrected chi connectivity index (χ3v) is 6.76. The maximum atomic E-state index is 13.4. The van der Waals surface area contributed by atoms with Crippen LogP contribution in [0.1, 0.15) is 48.2 Å². The molecule has 2 aliphatic rings. The highest BCUT2D eigenvalue weighted by Gasteiger charge is 2.26. The Bertz CT molecular complexity index is 1140. The number of rotatable bonds is 6. The summed E-state index contributed by atoms with van der Waals surface area (Å²) in [5, 5.41) is 3.55. The Morgan fingerprint density at radius 2 is 1.63 bits per heavy atom. The summed E-state index contributed by atoms with van der Waals surface area (Å²) in [5.74, 6) is 2.94. The molecule has 3 aromatic rings. The normalized spacial score (nSPS) is 16.7. The van der Waals surface area contributed by atoms with Crippen molar-refractivity contribution < 1.29 is 9.53 Å². The van der Waals surface area contributed by atoms with Gasteiger partial charge < -0.3 is 19.9 Å². The second kappa shape index (κ2) is 10.8. The number of aryl methyl sites for hydroxylation is 1. The van der Waals surface area contributed by atoms with Gasteiger partial charge in [-0.25, -0.2) is 4.98 Å². The molecule has 0 spiro atoms. The van der Waals surface area contributed by atoms with Crippen LogP contribution in [0.3, 0.4) is 0 Å². The fraction of sp³-hybridized carbons (Fsp3) is 0.393. The number of piperazine rings is 1. The average Bonchev–Trinajstić information content (AvgIpc) is 2.90. The highest BCUT2D eigenvalue weighted by molar-refractivity contribution is 5.97. The summed E-state index contributed by atoms with van der Waals surface area (Å²) in [7, 11) is 0. The van der Waals surface area contributed by atoms with Gasteiger partial charge in [0.15, 0.2) is 0 Å². The summed E-state index contributed by atoms with van der Waals surface area (Å²) in [6.45, 7) is 4.74. The van der Waals surface area contributed by atoms with Crippen LogP contribution in [0.25, 0.3) is 0 Å². The van der Waals surface area contributed by atoms with E-state index in [0.717, 1.165) is 30.5 Å². The molecule has 182 valence electrons. The third kappa shape index (κ3) is 5.73. The molecule has 2 heterocycles. The van der Waals surface area contributed by atoms with E-state index in [9.17, 15) is 4.79 Å². The maximum absolute atomic E-state index is 13.4. The smallest absolute Gasteiger partial charge is 0.257 e. The molecule has 0 atom stereocenters. The van der Waals surface area contributed by atoms with E-state index in [1.54, 1.807) is 0 Å². The lowest BCUT2D eigenvalue weighted by molar-refractivity contribution is 0.0744. The Kier molecular flexibility index (Phi) is 7.12. The third-order valence-electron chi connectivity index (χ3n) is 6.76. The van der Waals surface area contributed by atoms with Crippen molar-refractivity contribution in [3.8, 4) is 11.5 Å². The van der Waals surface area contributed by atoms with Crippen LogP contribution in [0.4, 0.5) is 11.8 Å². The van der Waals surface area contributed by atoms with E-state index >= 15 is 0 Å². The predicted octanol–water partition coefficient (Wildman–Crippen LogP) is 5.28. The van der Waals surface area contributed by atoms with Gasteiger partial charge in [0.25, 0.3) is 5.91 Å². The van der Waals surface area contributed by atoms with Gasteiger partial charge in [0.05, 0.1) is 5.56 Å². The number of aromatic nitrogens is 2. The van der Waals surface area contributed by atoms with Gasteiger partial charge in [0.2, 0.25) is 5.95 Å². The number of nitrogens with zero attached hydrogens (tertiary/aromatic N) is 4. The lowest BCUT2D eigenvalue weighted by Gasteiger charge is -2.36. The summed E-state index contributed by atoms with van der Waals surface area (Å²) in [4.78, 5) is 27.0. The topological polar surface area (TPSA) is 70.6 Å². The Morgan fingerprint density at radius 3 is 2.40 bits per heavy atom. The van der Waals surface area contributed by atoms with Gasteiger partial charge >= 0.3 is 0 Å². The first-order valence-corrected chi connectivity index (χ1v) is 12.6. The van der Waals surface area contributed by atoms with Crippen LogP contribution in [0.5, 0.6) is 11.5 Å². The number of amides is 1. The lowest BCUT2D eigenvalue weighted by atomic mass is 9.96. The van der Waals surface area contributed by atoms with Crippen LogP contribution in [-0.2, 0) is 0 Å². The maximum Gasteiger partial charge on any atom is 0.257 e. The number of anilines is 2. The zero-order valence-corrected chi connectivity index (χ0v) is 20.3. The van der Waals surface area contributed by atoms with Crippen molar-refractivity contribution in [2.24, 2.45) is 0 Å². The summed E-state index contributed by atoms with van der Waals surface area (Å²) in [6, 6.07) is 19.5. The van der Waals surface area contributed by atoms with E-state index in [0.29, 0.717) is 36.2 Å². The molecule has 7 heteroatoms. The average molecular weight is 472 g/mol. The molecule has 1 aromatic heterocycles. The van der Waals surface area contributed by atoms with Crippen molar-refractivity contribution in [1.29, 1.82) is 0 Å². The molecular formula is C28H33N5O2. The first-order chi connectivity index (χ1) is 17.2. The molecule has 1 aliphatic heterocycles. The largest absolute Gasteiger partial charge is 0.457 e. The van der Waals surface area contributed by atoms with Crippen molar-refractivity contribution in [3.05, 3.63) is 71.9 Å². The Hall–Kier alpha value is -3.61. The minimum atomic E-state index is -0.00490. The monoisotopic (exact) mass is 471 g/mol. The summed E-state index contributed by atoms with van der Waals surface area (Å²) in [5.41, 5.74) is 1.54. The van der Waals surface area contributed by atoms with Crippen molar-refractivity contribution in [2.45, 2.75) is 45.1 Å². The second-order valence-electron chi connectivity index (χ2n) is 9.36. The van der Waals surface area contributed by atoms with Crippen molar-refractivity contribution >= 4 is 17.7 Å². The van der Waals surface area contributed by atoms with Gasteiger partial charge in [-0.15, -0.1) is 0 Å². The fourth-order valence-corrected chi connectivity index (χ4v) is 4.86. The molecule has 1 saturated carbocycles. The standard InChI is InChI=1S/C28H33N5O2/c1-21-20-26(31-28(29-21)30-22-10-4-2-5-11-22)32-16-18-33(19-17-32)27(34)24-14-8-9-15-25(24)35-23-12-6-3-7-13-23/h3,6-9,12-15,20,22H,2,4-5,10-11,16-19H2,1H3,(H,29,30,31). The number of hydrogen-bond acceptors (Lipinski definition) is 6. The van der Waals surface area contributed by atoms with Gasteiger partial charge in [0.1, 0.15) is 17.3 Å². The zero-order valence-electron chi connectivity index (χ0n) is 20.3. The minimum absolute atomic E-state index is 0.00490. The summed E-state index contributed by atoms with van der Waals surface area (Å²) < 4.78 is 6.02. The first kappa shape index (κ1) is 23.1. The number of carbonyl (C=O) groups excluding carboxylic acids is 1. The quantitative estimate of drug-likeness (QED) is 0.527. The molecule has 5 rings (SSSR count). The number of nitrogens with one attached hydrogen (secondary N) is 1. The van der Waals surface area contributed by atoms with Crippen LogP contribution >= 0.6 is 0 Å². The Balaban J connectivity index is 1.24. The fourth-order valence-electron chi connectivity index (χ4n) is 4.86. The van der Waals surface area contributed by atoms with E-state index in [2.05, 4.69) is 15.2 Å². The second-order valence-corrected chi connectivity index (χ2v) is 9.36. The van der Waals surface area contributed by atoms with Crippen LogP contribution < -0.4 is 15.0 Å². The van der Waals surface area contributed by atoms with Crippen LogP contribution in [0.15, 0.2) is 60.7 Å². The Labute approximate surface area is 207 Å². The number of ether oxygens (including phenoxy) is 1. The van der Waals surface area contributed by atoms with Crippen LogP contribution in [0, 0.1) is 6.92 Å². The molecule has 0 radical (unpaired) electrons. The SMILES string of the molecule is Cc1cc(N2CCN(C(=O)c3ccccc3Oc3ccccc3)CC2)nc(NC2CCCCC2)n1. The highest BCUT2D eigenvalue weighted by Crippen LogP contribution is 2.27. The van der Waals surface area contributed by atoms with Crippen LogP contribution in [-0.4, -0.2) is 53.0 Å². The molecule has 1 saturated heterocycles. The van der Waals surface area contributed by atoms with E-state index in [4.69, 9.17) is 9.72 Å². The van der Waals surface area contributed by atoms with Gasteiger partial charge in [0, 0.05) is 44.0 Å². The molecule has 2 fully saturated rings. The molecule has 1 aliphatic carbocycles. The molecular weight excluding hydrogens is 438 g/mol. The zero-order chi connectivity index (χ0) is 24.0. The highest BCUT2D eigenvalue weighted by atomic mass is 16.5. The van der Waals surface area contributed by atoms with E-state index in [1.165, 1.54) is 32.1 Å². The molecule has 7 nitrogen and oxygen atoms in total. The molecule has 1 N–H and O–H groups in total. The number of hydrogen-bond donors (Lipinski definition) is 1. The van der Waals surface area contributed by atoms with Gasteiger partial charge in [-0.3, -0.25) is 4.79 Å². The van der Waals surface area contributed by atoms with Crippen molar-refractivity contribution in [1.82, 2.24) is 14.9 Å². The molecule has 1 amide bonds. The van der Waals surface area contributed by atoms with Crippen molar-refractivity contribution in [2.75, 3.05) is 36.4 Å². The van der Waals surface area contributed by atoms with E-state index < -0.39 is 0 Å². The Morgan fingerprint density at radius 1 is 0.914 bits per heavy atom. The molecule has 0 unspecified atom stereocenters. The lowest BCUT2D eigenvalue weighted by Crippen LogP contribution is -2.49. The van der Waals surface area contributed by atoms with Gasteiger partial charge in [-0.2, -0.15) is 4.98 Å². The molecule has 2 aromatic carbocycles. The van der Waals surface area contributed by atoms with E-state index in [-0.39, 0.29) is 5.91 Å². The van der Waals surface area contributed by atoms with Gasteiger partial charge in [-0.05, 0) is 44.0 Å². The van der Waals surface area contributed by atoms with Gasteiger partial charge in [-0.1, -0.05) is 49.6 Å². The number of benzene rings is 2. The summed E-state index contributed by atoms with van der Waals surface area (Å²) in [6.07, 6.45) is 6.23. The summed E-state index contributed by atoms with van der Waals surface area (Å²) >= 11 is 0. The van der Waals surface area contributed by atoms with Crippen molar-refractivity contribution in [3.63, 3.8) is 0 Å². The molecule has 0 bridgehead atoms. The minimum Gasteiger partial charge on any atom is -0.457 e.